The summed E-state index contributed by atoms with van der Waals surface area (Å²) in [6.07, 6.45) is 0.495. The van der Waals surface area contributed by atoms with Gasteiger partial charge in [0.1, 0.15) is 0 Å². The van der Waals surface area contributed by atoms with Gasteiger partial charge < -0.3 is 16.4 Å². The van der Waals surface area contributed by atoms with E-state index in [-0.39, 0.29) is 37.3 Å². The Balaban J connectivity index is 0.00000264. The molecule has 0 radical (unpaired) electrons. The summed E-state index contributed by atoms with van der Waals surface area (Å²) in [6, 6.07) is 7.87. The SMILES string of the molecule is Cl.NC(=NCCc1ccc(Br)cc1)/N=C(/N)N1CCC(F)(F)C1. The highest BCUT2D eigenvalue weighted by molar-refractivity contribution is 9.10. The molecule has 0 atom stereocenters. The number of likely N-dealkylation sites (tertiary alicyclic amines) is 1. The summed E-state index contributed by atoms with van der Waals surface area (Å²) >= 11 is 3.37. The number of halogens is 4. The lowest BCUT2D eigenvalue weighted by Crippen LogP contribution is -2.38. The van der Waals surface area contributed by atoms with Crippen molar-refractivity contribution in [2.75, 3.05) is 19.6 Å². The van der Waals surface area contributed by atoms with E-state index in [1.165, 1.54) is 4.90 Å². The van der Waals surface area contributed by atoms with Crippen LogP contribution in [-0.4, -0.2) is 42.4 Å². The summed E-state index contributed by atoms with van der Waals surface area (Å²) in [5.41, 5.74) is 12.5. The zero-order chi connectivity index (χ0) is 16.2. The Labute approximate surface area is 148 Å². The van der Waals surface area contributed by atoms with Crippen LogP contribution in [0.4, 0.5) is 8.78 Å². The number of alkyl halides is 2. The fourth-order valence-electron chi connectivity index (χ4n) is 2.11. The molecule has 0 unspecified atom stereocenters. The first-order valence-electron chi connectivity index (χ1n) is 6.87. The van der Waals surface area contributed by atoms with Gasteiger partial charge in [0.25, 0.3) is 5.92 Å². The van der Waals surface area contributed by atoms with Gasteiger partial charge in [-0.15, -0.1) is 12.4 Å². The van der Waals surface area contributed by atoms with E-state index >= 15 is 0 Å². The molecule has 9 heteroatoms. The van der Waals surface area contributed by atoms with Crippen molar-refractivity contribution in [1.29, 1.82) is 0 Å². The first kappa shape index (κ1) is 19.6. The van der Waals surface area contributed by atoms with E-state index in [4.69, 9.17) is 11.5 Å². The van der Waals surface area contributed by atoms with E-state index in [1.54, 1.807) is 0 Å². The molecule has 23 heavy (non-hydrogen) atoms. The Morgan fingerprint density at radius 1 is 1.26 bits per heavy atom. The Kier molecular flexibility index (Phi) is 7.21. The quantitative estimate of drug-likeness (QED) is 0.593. The molecule has 1 fully saturated rings. The standard InChI is InChI=1S/C14H18BrF2N5.ClH/c15-11-3-1-10(2-4-11)5-7-20-12(18)21-13(19)22-8-6-14(16,17)9-22;/h1-4H,5-9H2,(H4,18,19,20,21);1H. The third kappa shape index (κ3) is 6.31. The highest BCUT2D eigenvalue weighted by atomic mass is 79.9. The molecule has 4 N–H and O–H groups in total. The van der Waals surface area contributed by atoms with Crippen LogP contribution in [0.2, 0.25) is 0 Å². The largest absolute Gasteiger partial charge is 0.369 e. The number of aliphatic imine (C=N–C) groups is 2. The Morgan fingerprint density at radius 2 is 1.91 bits per heavy atom. The van der Waals surface area contributed by atoms with E-state index in [0.29, 0.717) is 13.0 Å². The lowest BCUT2D eigenvalue weighted by atomic mass is 10.2. The predicted octanol–water partition coefficient (Wildman–Crippen LogP) is 2.38. The number of hydrogen-bond acceptors (Lipinski definition) is 1. The van der Waals surface area contributed by atoms with E-state index < -0.39 is 12.5 Å². The summed E-state index contributed by atoms with van der Waals surface area (Å²) < 4.78 is 27.2. The van der Waals surface area contributed by atoms with Gasteiger partial charge in [-0.05, 0) is 24.1 Å². The van der Waals surface area contributed by atoms with Crippen LogP contribution in [0.25, 0.3) is 0 Å². The first-order valence-corrected chi connectivity index (χ1v) is 7.66. The third-order valence-electron chi connectivity index (χ3n) is 3.31. The average Bonchev–Trinajstić information content (AvgIpc) is 2.81. The van der Waals surface area contributed by atoms with Gasteiger partial charge in [-0.2, -0.15) is 4.99 Å². The topological polar surface area (TPSA) is 80.0 Å². The van der Waals surface area contributed by atoms with Gasteiger partial charge >= 0.3 is 0 Å². The fraction of sp³-hybridized carbons (Fsp3) is 0.429. The van der Waals surface area contributed by atoms with E-state index in [9.17, 15) is 8.78 Å². The molecule has 1 aliphatic heterocycles. The third-order valence-corrected chi connectivity index (χ3v) is 3.84. The van der Waals surface area contributed by atoms with E-state index in [1.807, 2.05) is 24.3 Å². The summed E-state index contributed by atoms with van der Waals surface area (Å²) in [6.45, 7) is 0.212. The molecule has 1 aromatic carbocycles. The summed E-state index contributed by atoms with van der Waals surface area (Å²) in [4.78, 5) is 9.28. The second-order valence-corrected chi connectivity index (χ2v) is 6.03. The van der Waals surface area contributed by atoms with Gasteiger partial charge in [0.05, 0.1) is 6.54 Å². The second kappa shape index (κ2) is 8.44. The van der Waals surface area contributed by atoms with Gasteiger partial charge in [0.15, 0.2) is 5.96 Å². The molecule has 0 amide bonds. The first-order chi connectivity index (χ1) is 10.4. The molecule has 0 aromatic heterocycles. The van der Waals surface area contributed by atoms with Crippen molar-refractivity contribution in [2.24, 2.45) is 21.5 Å². The van der Waals surface area contributed by atoms with Crippen molar-refractivity contribution in [3.8, 4) is 0 Å². The molecule has 0 bridgehead atoms. The molecule has 0 spiro atoms. The summed E-state index contributed by atoms with van der Waals surface area (Å²) in [5.74, 6) is -2.72. The maximum absolute atomic E-state index is 13.1. The van der Waals surface area contributed by atoms with E-state index in [2.05, 4.69) is 25.9 Å². The molecule has 1 saturated heterocycles. The number of benzene rings is 1. The summed E-state index contributed by atoms with van der Waals surface area (Å²) in [5, 5.41) is 0. The molecule has 0 aliphatic carbocycles. The number of nitrogens with zero attached hydrogens (tertiary/aromatic N) is 3. The van der Waals surface area contributed by atoms with Crippen LogP contribution in [0, 0.1) is 0 Å². The maximum atomic E-state index is 13.1. The lowest BCUT2D eigenvalue weighted by Gasteiger charge is -2.16. The molecular formula is C14H19BrClF2N5. The Hall–Kier alpha value is -1.41. The Morgan fingerprint density at radius 3 is 2.48 bits per heavy atom. The van der Waals surface area contributed by atoms with Crippen LogP contribution >= 0.6 is 28.3 Å². The molecule has 1 aliphatic rings. The van der Waals surface area contributed by atoms with Crippen LogP contribution in [0.1, 0.15) is 12.0 Å². The summed E-state index contributed by atoms with van der Waals surface area (Å²) in [7, 11) is 0. The number of nitrogens with two attached hydrogens (primary N) is 2. The minimum Gasteiger partial charge on any atom is -0.369 e. The molecule has 0 saturated carbocycles. The van der Waals surface area contributed by atoms with Crippen molar-refractivity contribution in [3.05, 3.63) is 34.3 Å². The van der Waals surface area contributed by atoms with Crippen LogP contribution in [0.15, 0.2) is 38.7 Å². The number of guanidine groups is 2. The fourth-order valence-corrected chi connectivity index (χ4v) is 2.37. The zero-order valence-electron chi connectivity index (χ0n) is 12.4. The minimum absolute atomic E-state index is 0. The molecule has 5 nitrogen and oxygen atoms in total. The monoisotopic (exact) mass is 409 g/mol. The van der Waals surface area contributed by atoms with Gasteiger partial charge in [-0.3, -0.25) is 4.99 Å². The minimum atomic E-state index is -2.71. The number of rotatable bonds is 3. The van der Waals surface area contributed by atoms with Gasteiger partial charge in [0.2, 0.25) is 5.96 Å². The van der Waals surface area contributed by atoms with Crippen LogP contribution in [0.3, 0.4) is 0 Å². The normalized spacial score (nSPS) is 18.0. The van der Waals surface area contributed by atoms with Crippen molar-refractivity contribution >= 4 is 40.3 Å². The highest BCUT2D eigenvalue weighted by Crippen LogP contribution is 2.26. The molecule has 1 heterocycles. The van der Waals surface area contributed by atoms with Crippen molar-refractivity contribution in [1.82, 2.24) is 4.90 Å². The van der Waals surface area contributed by atoms with E-state index in [0.717, 1.165) is 10.0 Å². The predicted molar refractivity (Wildman–Crippen MR) is 94.3 cm³/mol. The van der Waals surface area contributed by atoms with Crippen LogP contribution in [-0.2, 0) is 6.42 Å². The smallest absolute Gasteiger partial charge is 0.267 e. The lowest BCUT2D eigenvalue weighted by molar-refractivity contribution is 0.0175. The second-order valence-electron chi connectivity index (χ2n) is 5.11. The van der Waals surface area contributed by atoms with Gasteiger partial charge in [0, 0.05) is 24.0 Å². The maximum Gasteiger partial charge on any atom is 0.267 e. The van der Waals surface area contributed by atoms with Crippen LogP contribution in [0.5, 0.6) is 0 Å². The highest BCUT2D eigenvalue weighted by Gasteiger charge is 2.39. The number of hydrogen-bond donors (Lipinski definition) is 2. The van der Waals surface area contributed by atoms with Gasteiger partial charge in [-0.1, -0.05) is 28.1 Å². The zero-order valence-corrected chi connectivity index (χ0v) is 14.8. The Bertz CT molecular complexity index is 577. The molecule has 128 valence electrons. The van der Waals surface area contributed by atoms with Crippen molar-refractivity contribution in [3.63, 3.8) is 0 Å². The molecule has 2 rings (SSSR count). The molecular weight excluding hydrogens is 392 g/mol. The van der Waals surface area contributed by atoms with Crippen LogP contribution < -0.4 is 11.5 Å². The van der Waals surface area contributed by atoms with Crippen molar-refractivity contribution < 1.29 is 8.78 Å². The average molecular weight is 411 g/mol. The van der Waals surface area contributed by atoms with Gasteiger partial charge in [-0.25, -0.2) is 8.78 Å². The van der Waals surface area contributed by atoms with Crippen molar-refractivity contribution in [2.45, 2.75) is 18.8 Å². The molecule has 1 aromatic rings.